The number of nitrogens with one attached hydrogen (secondary N) is 1. The second-order valence-corrected chi connectivity index (χ2v) is 11.3. The van der Waals surface area contributed by atoms with Gasteiger partial charge in [0.1, 0.15) is 36.1 Å². The zero-order valence-corrected chi connectivity index (χ0v) is 21.6. The molecule has 2 saturated heterocycles. The fourth-order valence-electron chi connectivity index (χ4n) is 4.66. The molecule has 4 heterocycles. The minimum absolute atomic E-state index is 0.0289. The molecule has 13 heteroatoms. The van der Waals surface area contributed by atoms with Gasteiger partial charge in [0.2, 0.25) is 5.28 Å². The minimum atomic E-state index is -4.31. The second kappa shape index (κ2) is 9.66. The molecule has 0 radical (unpaired) electrons. The molecule has 1 unspecified atom stereocenters. The third-order valence-corrected chi connectivity index (χ3v) is 6.83. The van der Waals surface area contributed by atoms with E-state index in [2.05, 4.69) is 15.3 Å². The quantitative estimate of drug-likeness (QED) is 0.286. The van der Waals surface area contributed by atoms with Crippen LogP contribution in [-0.4, -0.2) is 61.4 Å². The van der Waals surface area contributed by atoms with Crippen molar-refractivity contribution < 1.29 is 33.3 Å². The molecule has 0 aliphatic carbocycles. The number of ether oxygens (including phenoxy) is 4. The number of hydrogen-bond acceptors (Lipinski definition) is 8. The van der Waals surface area contributed by atoms with Crippen molar-refractivity contribution in [2.45, 2.75) is 57.1 Å². The zero-order chi connectivity index (χ0) is 25.7. The molecule has 2 fully saturated rings. The van der Waals surface area contributed by atoms with Crippen LogP contribution < -0.4 is 5.32 Å². The van der Waals surface area contributed by atoms with Crippen molar-refractivity contribution in [3.8, 4) is 0 Å². The second-order valence-electron chi connectivity index (χ2n) is 9.37. The Morgan fingerprint density at radius 3 is 2.64 bits per heavy atom. The predicted octanol–water partition coefficient (Wildman–Crippen LogP) is 3.83. The van der Waals surface area contributed by atoms with Crippen LogP contribution in [-0.2, 0) is 23.5 Å². The van der Waals surface area contributed by atoms with Crippen LogP contribution in [0.3, 0.4) is 0 Å². The van der Waals surface area contributed by atoms with Gasteiger partial charge in [-0.1, -0.05) is 30.3 Å². The fraction of sp³-hybridized carbons (Fsp3) is 0.478. The first kappa shape index (κ1) is 25.6. The summed E-state index contributed by atoms with van der Waals surface area (Å²) < 4.78 is 36.7. The van der Waals surface area contributed by atoms with Crippen molar-refractivity contribution in [2.24, 2.45) is 0 Å². The minimum Gasteiger partial charge on any atom is -0.366 e. The lowest BCUT2D eigenvalue weighted by atomic mass is 10.1. The molecular formula is C23H28ClN4O7P. The summed E-state index contributed by atoms with van der Waals surface area (Å²) >= 11 is 6.32. The summed E-state index contributed by atoms with van der Waals surface area (Å²) in [5.74, 6) is -0.285. The SMILES string of the molecule is CC(Nc1nc(Cl)nc2c1ccn2[C@@H]1O[C@H](COCP(=O)(O)O)[C@H]2OC(C)(C)O[C@H]21)c1ccccc1. The van der Waals surface area contributed by atoms with Crippen LogP contribution in [0.4, 0.5) is 5.82 Å². The number of fused-ring (bicyclic) bond motifs is 2. The van der Waals surface area contributed by atoms with E-state index in [9.17, 15) is 4.57 Å². The molecule has 5 rings (SSSR count). The normalized spacial score (nSPS) is 26.3. The van der Waals surface area contributed by atoms with Crippen LogP contribution in [0.15, 0.2) is 42.6 Å². The van der Waals surface area contributed by atoms with Crippen LogP contribution in [0.2, 0.25) is 5.28 Å². The summed E-state index contributed by atoms with van der Waals surface area (Å²) in [7, 11) is -4.31. The molecule has 2 aliphatic heterocycles. The highest BCUT2D eigenvalue weighted by Gasteiger charge is 2.56. The van der Waals surface area contributed by atoms with Gasteiger partial charge in [-0.3, -0.25) is 4.57 Å². The average Bonchev–Trinajstić information content (AvgIpc) is 3.44. The lowest BCUT2D eigenvalue weighted by Crippen LogP contribution is -2.33. The largest absolute Gasteiger partial charge is 0.366 e. The smallest absolute Gasteiger partial charge is 0.350 e. The van der Waals surface area contributed by atoms with E-state index in [4.69, 9.17) is 40.3 Å². The van der Waals surface area contributed by atoms with Crippen LogP contribution >= 0.6 is 19.2 Å². The molecule has 3 aromatic rings. The van der Waals surface area contributed by atoms with Gasteiger partial charge >= 0.3 is 7.60 Å². The zero-order valence-electron chi connectivity index (χ0n) is 19.9. The highest BCUT2D eigenvalue weighted by molar-refractivity contribution is 7.51. The van der Waals surface area contributed by atoms with Crippen LogP contribution in [0.1, 0.15) is 38.6 Å². The van der Waals surface area contributed by atoms with E-state index in [1.165, 1.54) is 0 Å². The molecule has 36 heavy (non-hydrogen) atoms. The molecule has 1 aromatic carbocycles. The van der Waals surface area contributed by atoms with Crippen molar-refractivity contribution in [1.29, 1.82) is 0 Å². The van der Waals surface area contributed by atoms with Gasteiger partial charge in [-0.15, -0.1) is 0 Å². The summed E-state index contributed by atoms with van der Waals surface area (Å²) in [6.07, 6.45) is -1.14. The number of anilines is 1. The van der Waals surface area contributed by atoms with E-state index in [0.717, 1.165) is 10.9 Å². The summed E-state index contributed by atoms with van der Waals surface area (Å²) in [5.41, 5.74) is 1.64. The number of halogens is 1. The predicted molar refractivity (Wildman–Crippen MR) is 132 cm³/mol. The van der Waals surface area contributed by atoms with Crippen molar-refractivity contribution >= 4 is 36.0 Å². The average molecular weight is 539 g/mol. The molecule has 2 aliphatic rings. The Balaban J connectivity index is 1.43. The van der Waals surface area contributed by atoms with Crippen LogP contribution in [0.5, 0.6) is 0 Å². The maximum atomic E-state index is 11.2. The summed E-state index contributed by atoms with van der Waals surface area (Å²) in [5, 5.41) is 4.24. The Kier molecular flexibility index (Phi) is 6.86. The maximum absolute atomic E-state index is 11.2. The Hall–Kier alpha value is -2.08. The van der Waals surface area contributed by atoms with Gasteiger partial charge < -0.3 is 38.6 Å². The van der Waals surface area contributed by atoms with Gasteiger partial charge in [-0.2, -0.15) is 4.98 Å². The fourth-order valence-corrected chi connectivity index (χ4v) is 5.17. The van der Waals surface area contributed by atoms with Crippen molar-refractivity contribution in [3.63, 3.8) is 0 Å². The van der Waals surface area contributed by atoms with Gasteiger partial charge in [0.15, 0.2) is 12.0 Å². The monoisotopic (exact) mass is 538 g/mol. The topological polar surface area (TPSA) is 137 Å². The van der Waals surface area contributed by atoms with E-state index in [1.807, 2.05) is 54.1 Å². The number of rotatable bonds is 8. The van der Waals surface area contributed by atoms with Crippen LogP contribution in [0, 0.1) is 0 Å². The lowest BCUT2D eigenvalue weighted by Gasteiger charge is -2.25. The number of aromatic nitrogens is 3. The Bertz CT molecular complexity index is 1280. The van der Waals surface area contributed by atoms with E-state index in [-0.39, 0.29) is 17.9 Å². The molecule has 2 aromatic heterocycles. The first-order valence-corrected chi connectivity index (χ1v) is 13.7. The van der Waals surface area contributed by atoms with Gasteiger partial charge in [-0.25, -0.2) is 4.98 Å². The Morgan fingerprint density at radius 2 is 1.92 bits per heavy atom. The molecule has 11 nitrogen and oxygen atoms in total. The molecule has 5 atom stereocenters. The molecule has 0 bridgehead atoms. The van der Waals surface area contributed by atoms with E-state index in [0.29, 0.717) is 11.5 Å². The van der Waals surface area contributed by atoms with Crippen molar-refractivity contribution in [2.75, 3.05) is 18.3 Å². The molecule has 194 valence electrons. The molecule has 0 amide bonds. The van der Waals surface area contributed by atoms with Gasteiger partial charge in [-0.05, 0) is 44.0 Å². The third kappa shape index (κ3) is 5.29. The number of benzene rings is 1. The maximum Gasteiger partial charge on any atom is 0.350 e. The van der Waals surface area contributed by atoms with Crippen LogP contribution in [0.25, 0.3) is 11.0 Å². The Morgan fingerprint density at radius 1 is 1.19 bits per heavy atom. The van der Waals surface area contributed by atoms with E-state index in [1.54, 1.807) is 13.8 Å². The van der Waals surface area contributed by atoms with Gasteiger partial charge in [0.05, 0.1) is 12.0 Å². The van der Waals surface area contributed by atoms with Crippen molar-refractivity contribution in [3.05, 3.63) is 53.4 Å². The van der Waals surface area contributed by atoms with E-state index >= 15 is 0 Å². The van der Waals surface area contributed by atoms with Gasteiger partial charge in [0, 0.05) is 12.2 Å². The summed E-state index contributed by atoms with van der Waals surface area (Å²) in [6, 6.07) is 11.8. The first-order chi connectivity index (χ1) is 17.0. The van der Waals surface area contributed by atoms with Gasteiger partial charge in [0.25, 0.3) is 0 Å². The third-order valence-electron chi connectivity index (χ3n) is 6.14. The first-order valence-electron chi connectivity index (χ1n) is 11.5. The molecule has 0 spiro atoms. The Labute approximate surface area is 212 Å². The lowest BCUT2D eigenvalue weighted by molar-refractivity contribution is -0.201. The molecule has 3 N–H and O–H groups in total. The molecular weight excluding hydrogens is 511 g/mol. The number of nitrogens with zero attached hydrogens (tertiary/aromatic N) is 3. The van der Waals surface area contributed by atoms with Crippen molar-refractivity contribution in [1.82, 2.24) is 14.5 Å². The number of hydrogen-bond donors (Lipinski definition) is 3. The summed E-state index contributed by atoms with van der Waals surface area (Å²) in [4.78, 5) is 27.1. The summed E-state index contributed by atoms with van der Waals surface area (Å²) in [6.45, 7) is 5.57. The van der Waals surface area contributed by atoms with E-state index < -0.39 is 44.3 Å². The standard InChI is InChI=1S/C23H28ClN4O7P/c1-13(14-7-5-4-6-8-14)25-19-15-9-10-28(20(15)27-22(24)26-19)21-18-17(34-23(2,3)35-18)16(33-21)11-32-12-36(29,30)31/h4-10,13,16-18,21H,11-12H2,1-3H3,(H,25,26,27)(H2,29,30,31)/t13?,16-,17-,18-,21-/m1/s1. The molecule has 0 saturated carbocycles. The highest BCUT2D eigenvalue weighted by Crippen LogP contribution is 2.45. The highest BCUT2D eigenvalue weighted by atomic mass is 35.5.